The Balaban J connectivity index is 2.90. The van der Waals surface area contributed by atoms with Crippen molar-refractivity contribution < 1.29 is 9.59 Å². The first kappa shape index (κ1) is 5.81. The van der Waals surface area contributed by atoms with Gasteiger partial charge in [0, 0.05) is 7.05 Å². The van der Waals surface area contributed by atoms with Crippen molar-refractivity contribution in [3.8, 4) is 0 Å². The van der Waals surface area contributed by atoms with Crippen LogP contribution in [-0.2, 0) is 4.79 Å². The highest BCUT2D eigenvalue weighted by atomic mass is 16.2. The van der Waals surface area contributed by atoms with E-state index in [4.69, 9.17) is 0 Å². The smallest absolute Gasteiger partial charge is 0.293 e. The lowest BCUT2D eigenvalue weighted by Crippen LogP contribution is -2.24. The molecule has 1 aliphatic rings. The van der Waals surface area contributed by atoms with Crippen molar-refractivity contribution in [1.29, 1.82) is 0 Å². The van der Waals surface area contributed by atoms with E-state index in [9.17, 15) is 9.59 Å². The van der Waals surface area contributed by atoms with Gasteiger partial charge in [0.25, 0.3) is 5.91 Å². The lowest BCUT2D eigenvalue weighted by atomic mass is 10.5. The van der Waals surface area contributed by atoms with Crippen molar-refractivity contribution in [3.63, 3.8) is 0 Å². The van der Waals surface area contributed by atoms with E-state index in [2.05, 4.69) is 11.9 Å². The van der Waals surface area contributed by atoms with Crippen LogP contribution in [0, 0.1) is 0 Å². The van der Waals surface area contributed by atoms with Gasteiger partial charge in [-0.1, -0.05) is 6.58 Å². The Morgan fingerprint density at radius 2 is 2.11 bits per heavy atom. The number of amides is 3. The van der Waals surface area contributed by atoms with Gasteiger partial charge in [-0.2, -0.15) is 0 Å². The summed E-state index contributed by atoms with van der Waals surface area (Å²) in [6, 6.07) is -0.412. The van der Waals surface area contributed by atoms with Crippen molar-refractivity contribution in [2.45, 2.75) is 0 Å². The molecule has 48 valence electrons. The Kier molecular flexibility index (Phi) is 1.02. The van der Waals surface area contributed by atoms with Crippen LogP contribution in [0.4, 0.5) is 4.79 Å². The molecule has 1 fully saturated rings. The number of nitrogens with one attached hydrogen (secondary N) is 1. The quantitative estimate of drug-likeness (QED) is 0.357. The summed E-state index contributed by atoms with van der Waals surface area (Å²) >= 11 is 0. The van der Waals surface area contributed by atoms with Crippen LogP contribution in [0.25, 0.3) is 0 Å². The maximum absolute atomic E-state index is 10.5. The van der Waals surface area contributed by atoms with Crippen molar-refractivity contribution in [2.75, 3.05) is 7.05 Å². The van der Waals surface area contributed by atoms with Crippen LogP contribution in [0.2, 0.25) is 0 Å². The Hall–Kier alpha value is -1.32. The van der Waals surface area contributed by atoms with Crippen molar-refractivity contribution in [3.05, 3.63) is 12.3 Å². The monoisotopic (exact) mass is 126 g/mol. The van der Waals surface area contributed by atoms with Gasteiger partial charge in [-0.15, -0.1) is 0 Å². The maximum Gasteiger partial charge on any atom is 0.328 e. The third kappa shape index (κ3) is 0.679. The first-order valence-electron chi connectivity index (χ1n) is 2.41. The van der Waals surface area contributed by atoms with E-state index >= 15 is 0 Å². The topological polar surface area (TPSA) is 49.4 Å². The molecule has 0 atom stereocenters. The summed E-state index contributed by atoms with van der Waals surface area (Å²) in [4.78, 5) is 22.2. The molecular formula is C5H6N2O2. The molecule has 0 unspecified atom stereocenters. The van der Waals surface area contributed by atoms with E-state index in [1.165, 1.54) is 11.9 Å². The predicted molar refractivity (Wildman–Crippen MR) is 30.4 cm³/mol. The second kappa shape index (κ2) is 1.58. The van der Waals surface area contributed by atoms with Gasteiger partial charge in [-0.3, -0.25) is 15.0 Å². The number of urea groups is 1. The minimum atomic E-state index is -0.414. The number of rotatable bonds is 0. The maximum atomic E-state index is 10.5. The van der Waals surface area contributed by atoms with E-state index in [-0.39, 0.29) is 5.70 Å². The van der Waals surface area contributed by atoms with E-state index in [1.54, 1.807) is 0 Å². The molecular weight excluding hydrogens is 120 g/mol. The predicted octanol–water partition coefficient (Wildman–Crippen LogP) is -0.318. The van der Waals surface area contributed by atoms with Gasteiger partial charge in [0.05, 0.1) is 0 Å². The first-order chi connectivity index (χ1) is 4.13. The molecule has 1 aliphatic heterocycles. The van der Waals surface area contributed by atoms with Crippen LogP contribution in [0.3, 0.4) is 0 Å². The van der Waals surface area contributed by atoms with Gasteiger partial charge < -0.3 is 0 Å². The average molecular weight is 126 g/mol. The summed E-state index contributed by atoms with van der Waals surface area (Å²) < 4.78 is 0. The molecule has 1 heterocycles. The third-order valence-electron chi connectivity index (χ3n) is 1.19. The van der Waals surface area contributed by atoms with Gasteiger partial charge >= 0.3 is 6.03 Å². The lowest BCUT2D eigenvalue weighted by Gasteiger charge is -2.02. The van der Waals surface area contributed by atoms with Gasteiger partial charge in [0.1, 0.15) is 5.70 Å². The van der Waals surface area contributed by atoms with Gasteiger partial charge in [-0.05, 0) is 0 Å². The molecule has 4 nitrogen and oxygen atoms in total. The molecule has 4 heteroatoms. The summed E-state index contributed by atoms with van der Waals surface area (Å²) in [5.41, 5.74) is 0.194. The molecule has 1 N–H and O–H groups in total. The number of carbonyl (C=O) groups excluding carboxylic acids is 2. The Morgan fingerprint density at radius 1 is 1.56 bits per heavy atom. The number of likely N-dealkylation sites (N-methyl/N-ethyl adjacent to an activating group) is 1. The lowest BCUT2D eigenvalue weighted by molar-refractivity contribution is -0.116. The molecule has 0 aromatic heterocycles. The Morgan fingerprint density at radius 3 is 2.22 bits per heavy atom. The fourth-order valence-corrected chi connectivity index (χ4v) is 0.528. The number of hydrogen-bond acceptors (Lipinski definition) is 2. The molecule has 0 bridgehead atoms. The fraction of sp³-hybridized carbons (Fsp3) is 0.200. The molecule has 0 aliphatic carbocycles. The van der Waals surface area contributed by atoms with Gasteiger partial charge in [0.2, 0.25) is 0 Å². The molecule has 9 heavy (non-hydrogen) atoms. The summed E-state index contributed by atoms with van der Waals surface area (Å²) in [6.45, 7) is 3.36. The highest BCUT2D eigenvalue weighted by Gasteiger charge is 2.27. The molecule has 0 aromatic carbocycles. The molecule has 3 amide bonds. The number of nitrogens with zero attached hydrogens (tertiary/aromatic N) is 1. The SMILES string of the molecule is C=C1C(=O)NC(=O)N1C. The zero-order valence-corrected chi connectivity index (χ0v) is 4.97. The van der Waals surface area contributed by atoms with Crippen molar-refractivity contribution >= 4 is 11.9 Å². The standard InChI is InChI=1S/C5H6N2O2/c1-3-4(8)6-5(9)7(3)2/h1H2,2H3,(H,6,8,9). The highest BCUT2D eigenvalue weighted by Crippen LogP contribution is 2.04. The first-order valence-corrected chi connectivity index (χ1v) is 2.41. The number of imide groups is 1. The fourth-order valence-electron chi connectivity index (χ4n) is 0.528. The average Bonchev–Trinajstić information content (AvgIpc) is 1.98. The minimum absolute atomic E-state index is 0.194. The van der Waals surface area contributed by atoms with Crippen LogP contribution in [0.1, 0.15) is 0 Å². The van der Waals surface area contributed by atoms with Crippen molar-refractivity contribution in [2.24, 2.45) is 0 Å². The van der Waals surface area contributed by atoms with Gasteiger partial charge in [-0.25, -0.2) is 4.79 Å². The number of carbonyl (C=O) groups is 2. The van der Waals surface area contributed by atoms with Crippen LogP contribution in [0.5, 0.6) is 0 Å². The van der Waals surface area contributed by atoms with Crippen LogP contribution < -0.4 is 5.32 Å². The highest BCUT2D eigenvalue weighted by molar-refractivity contribution is 6.11. The molecule has 0 spiro atoms. The van der Waals surface area contributed by atoms with Crippen LogP contribution in [-0.4, -0.2) is 23.9 Å². The number of hydrogen-bond donors (Lipinski definition) is 1. The molecule has 0 aromatic rings. The summed E-state index contributed by atoms with van der Waals surface area (Å²) in [6.07, 6.45) is 0. The summed E-state index contributed by atoms with van der Waals surface area (Å²) in [5, 5.41) is 2.06. The van der Waals surface area contributed by atoms with Crippen molar-refractivity contribution in [1.82, 2.24) is 10.2 Å². The van der Waals surface area contributed by atoms with Crippen LogP contribution in [0.15, 0.2) is 12.3 Å². The van der Waals surface area contributed by atoms with Gasteiger partial charge in [0.15, 0.2) is 0 Å². The second-order valence-electron chi connectivity index (χ2n) is 1.76. The normalized spacial score (nSPS) is 18.8. The minimum Gasteiger partial charge on any atom is -0.293 e. The zero-order valence-electron chi connectivity index (χ0n) is 4.97. The van der Waals surface area contributed by atoms with E-state index in [1.807, 2.05) is 0 Å². The molecule has 0 saturated carbocycles. The Labute approximate surface area is 52.1 Å². The molecule has 0 radical (unpaired) electrons. The summed E-state index contributed by atoms with van der Waals surface area (Å²) in [7, 11) is 1.49. The molecule has 1 rings (SSSR count). The third-order valence-corrected chi connectivity index (χ3v) is 1.19. The molecule has 1 saturated heterocycles. The Bertz CT molecular complexity index is 197. The second-order valence-corrected chi connectivity index (χ2v) is 1.76. The van der Waals surface area contributed by atoms with E-state index in [0.29, 0.717) is 0 Å². The summed E-state index contributed by atoms with van der Waals surface area (Å²) in [5.74, 6) is -0.414. The van der Waals surface area contributed by atoms with Crippen LogP contribution >= 0.6 is 0 Å². The largest absolute Gasteiger partial charge is 0.328 e. The zero-order chi connectivity index (χ0) is 7.02. The van der Waals surface area contributed by atoms with E-state index < -0.39 is 11.9 Å². The van der Waals surface area contributed by atoms with E-state index in [0.717, 1.165) is 0 Å².